The Bertz CT molecular complexity index is 774. The summed E-state index contributed by atoms with van der Waals surface area (Å²) < 4.78 is 2.02. The first-order valence-corrected chi connectivity index (χ1v) is 10.3. The summed E-state index contributed by atoms with van der Waals surface area (Å²) in [6, 6.07) is 9.86. The van der Waals surface area contributed by atoms with Gasteiger partial charge in [-0.3, -0.25) is 4.79 Å². The Balaban J connectivity index is 0.000000336. The molecule has 0 amide bonds. The van der Waals surface area contributed by atoms with Crippen LogP contribution >= 0.6 is 0 Å². The van der Waals surface area contributed by atoms with E-state index < -0.39 is 5.97 Å². The van der Waals surface area contributed by atoms with E-state index in [1.54, 1.807) is 0 Å². The van der Waals surface area contributed by atoms with Crippen molar-refractivity contribution in [1.29, 1.82) is 0 Å². The summed E-state index contributed by atoms with van der Waals surface area (Å²) in [5.74, 6) is -0.802. The number of hydrogen-bond donors (Lipinski definition) is 0. The number of carboxylic acids is 1. The predicted octanol–water partition coefficient (Wildman–Crippen LogP) is 4.53. The van der Waals surface area contributed by atoms with Gasteiger partial charge >= 0.3 is 0 Å². The molecule has 0 aliphatic carbocycles. The molecule has 0 aliphatic heterocycles. The van der Waals surface area contributed by atoms with Crippen molar-refractivity contribution in [3.63, 3.8) is 0 Å². The van der Waals surface area contributed by atoms with Crippen LogP contribution in [-0.2, 0) is 18.3 Å². The summed E-state index contributed by atoms with van der Waals surface area (Å²) >= 11 is 0. The molecule has 2 rings (SSSR count). The number of benzene rings is 1. The summed E-state index contributed by atoms with van der Waals surface area (Å²) in [6.45, 7) is 8.23. The fourth-order valence-electron chi connectivity index (χ4n) is 3.32. The minimum atomic E-state index is -0.920. The largest absolute Gasteiger partial charge is 0.550 e. The highest BCUT2D eigenvalue weighted by Crippen LogP contribution is 2.20. The van der Waals surface area contributed by atoms with E-state index in [0.29, 0.717) is 0 Å². The summed E-state index contributed by atoms with van der Waals surface area (Å²) in [7, 11) is 1.97. The molecule has 0 bridgehead atoms. The first-order valence-electron chi connectivity index (χ1n) is 10.3. The molecular weight excluding hydrogens is 350 g/mol. The van der Waals surface area contributed by atoms with Gasteiger partial charge in [-0.05, 0) is 50.3 Å². The Hall–Kier alpha value is -2.36. The molecule has 0 fully saturated rings. The van der Waals surface area contributed by atoms with Gasteiger partial charge < -0.3 is 14.5 Å². The third kappa shape index (κ3) is 6.99. The van der Waals surface area contributed by atoms with E-state index >= 15 is 0 Å². The van der Waals surface area contributed by atoms with Gasteiger partial charge in [-0.15, -0.1) is 0 Å². The second kappa shape index (κ2) is 12.2. The Morgan fingerprint density at radius 3 is 2.14 bits per heavy atom. The number of carbonyl (C=O) groups is 2. The van der Waals surface area contributed by atoms with Crippen molar-refractivity contribution in [2.45, 2.75) is 72.6 Å². The molecule has 0 spiro atoms. The number of nitrogens with zero attached hydrogens (tertiary/aromatic N) is 1. The quantitative estimate of drug-likeness (QED) is 0.471. The highest BCUT2D eigenvalue weighted by atomic mass is 16.4. The van der Waals surface area contributed by atoms with Crippen molar-refractivity contribution in [2.24, 2.45) is 7.05 Å². The number of aliphatic carboxylic acids is 1. The first kappa shape index (κ1) is 23.7. The number of unbranched alkanes of at least 4 members (excludes halogenated alkanes) is 4. The van der Waals surface area contributed by atoms with Gasteiger partial charge in [0.25, 0.3) is 0 Å². The fraction of sp³-hybridized carbons (Fsp3) is 0.500. The van der Waals surface area contributed by atoms with Crippen molar-refractivity contribution >= 4 is 11.8 Å². The van der Waals surface area contributed by atoms with Crippen molar-refractivity contribution in [1.82, 2.24) is 4.57 Å². The van der Waals surface area contributed by atoms with Gasteiger partial charge in [-0.25, -0.2) is 0 Å². The first-order chi connectivity index (χ1) is 13.3. The van der Waals surface area contributed by atoms with Crippen LogP contribution in [0.1, 0.15) is 85.2 Å². The summed E-state index contributed by atoms with van der Waals surface area (Å²) in [6.07, 6.45) is 6.55. The van der Waals surface area contributed by atoms with Gasteiger partial charge in [0.05, 0.1) is 5.69 Å². The number of hydrogen-bond acceptors (Lipinski definition) is 3. The maximum absolute atomic E-state index is 12.6. The van der Waals surface area contributed by atoms with Crippen LogP contribution < -0.4 is 5.11 Å². The molecule has 0 unspecified atom stereocenters. The molecule has 0 aliphatic rings. The Morgan fingerprint density at radius 1 is 0.964 bits per heavy atom. The molecule has 4 heteroatoms. The van der Waals surface area contributed by atoms with Crippen LogP contribution in [0.15, 0.2) is 30.3 Å². The zero-order chi connectivity index (χ0) is 21.1. The molecular formula is C24H34NO3-. The van der Waals surface area contributed by atoms with Crippen LogP contribution in [0.3, 0.4) is 0 Å². The van der Waals surface area contributed by atoms with Gasteiger partial charge in [0.2, 0.25) is 5.78 Å². The average molecular weight is 385 g/mol. The third-order valence-corrected chi connectivity index (χ3v) is 4.97. The molecule has 28 heavy (non-hydrogen) atoms. The Morgan fingerprint density at radius 2 is 1.61 bits per heavy atom. The number of carboxylic acid groups (broad SMARTS) is 1. The number of aryl methyl sites for hydroxylation is 3. The molecule has 0 atom stereocenters. The van der Waals surface area contributed by atoms with Gasteiger partial charge in [-0.1, -0.05) is 63.8 Å². The molecule has 2 aromatic rings. The lowest BCUT2D eigenvalue weighted by atomic mass is 10.0. The number of rotatable bonds is 9. The smallest absolute Gasteiger partial charge is 0.209 e. The fourth-order valence-corrected chi connectivity index (χ4v) is 3.32. The molecule has 1 heterocycles. The average Bonchev–Trinajstić information content (AvgIpc) is 2.95. The minimum absolute atomic E-state index is 0.118. The molecule has 1 aromatic heterocycles. The summed E-state index contributed by atoms with van der Waals surface area (Å²) in [4.78, 5) is 22.5. The van der Waals surface area contributed by atoms with Crippen molar-refractivity contribution in [3.8, 4) is 0 Å². The van der Waals surface area contributed by atoms with Crippen LogP contribution in [0.2, 0.25) is 0 Å². The standard InChI is InChI=1S/C16H19NO.C8H16O2/c1-5-13-10-12(3)15(17(13)4)16(18)14-9-7-6-8-11(14)2;1-2-3-4-5-6-7-8(9)10/h6-10H,5H2,1-4H3;2-7H2,1H3,(H,9,10)/p-1. The number of ketones is 1. The monoisotopic (exact) mass is 384 g/mol. The van der Waals surface area contributed by atoms with E-state index in [4.69, 9.17) is 0 Å². The van der Waals surface area contributed by atoms with Gasteiger partial charge in [-0.2, -0.15) is 0 Å². The van der Waals surface area contributed by atoms with Crippen LogP contribution in [-0.4, -0.2) is 16.3 Å². The summed E-state index contributed by atoms with van der Waals surface area (Å²) in [5, 5.41) is 9.92. The highest BCUT2D eigenvalue weighted by molar-refractivity contribution is 6.09. The van der Waals surface area contributed by atoms with Gasteiger partial charge in [0.15, 0.2) is 0 Å². The van der Waals surface area contributed by atoms with Crippen molar-refractivity contribution < 1.29 is 14.7 Å². The Kier molecular flexibility index (Phi) is 10.3. The van der Waals surface area contributed by atoms with E-state index in [-0.39, 0.29) is 12.2 Å². The zero-order valence-electron chi connectivity index (χ0n) is 18.0. The van der Waals surface area contributed by atoms with Crippen LogP contribution in [0, 0.1) is 13.8 Å². The highest BCUT2D eigenvalue weighted by Gasteiger charge is 2.18. The van der Waals surface area contributed by atoms with Crippen molar-refractivity contribution in [3.05, 3.63) is 58.4 Å². The van der Waals surface area contributed by atoms with E-state index in [1.165, 1.54) is 18.5 Å². The van der Waals surface area contributed by atoms with E-state index in [2.05, 4.69) is 19.9 Å². The third-order valence-electron chi connectivity index (χ3n) is 4.97. The predicted molar refractivity (Wildman–Crippen MR) is 113 cm³/mol. The molecule has 0 radical (unpaired) electrons. The second-order valence-corrected chi connectivity index (χ2v) is 7.26. The maximum Gasteiger partial charge on any atom is 0.209 e. The lowest BCUT2D eigenvalue weighted by molar-refractivity contribution is -0.305. The topological polar surface area (TPSA) is 62.1 Å². The Labute approximate surface area is 169 Å². The lowest BCUT2D eigenvalue weighted by Gasteiger charge is -2.08. The normalized spacial score (nSPS) is 10.3. The maximum atomic E-state index is 12.6. The molecule has 154 valence electrons. The van der Waals surface area contributed by atoms with Crippen LogP contribution in [0.5, 0.6) is 0 Å². The number of aromatic nitrogens is 1. The molecule has 1 aromatic carbocycles. The van der Waals surface area contributed by atoms with Gasteiger partial charge in [0.1, 0.15) is 0 Å². The van der Waals surface area contributed by atoms with Crippen molar-refractivity contribution in [2.75, 3.05) is 0 Å². The zero-order valence-corrected chi connectivity index (χ0v) is 18.0. The number of carbonyl (C=O) groups excluding carboxylic acids is 2. The van der Waals surface area contributed by atoms with Crippen LogP contribution in [0.25, 0.3) is 0 Å². The summed E-state index contributed by atoms with van der Waals surface area (Å²) in [5.41, 5.74) is 4.89. The van der Waals surface area contributed by atoms with Crippen LogP contribution in [0.4, 0.5) is 0 Å². The molecule has 0 N–H and O–H groups in total. The van der Waals surface area contributed by atoms with Gasteiger partial charge in [0, 0.05) is 24.3 Å². The van der Waals surface area contributed by atoms with E-state index in [9.17, 15) is 14.7 Å². The van der Waals surface area contributed by atoms with E-state index in [0.717, 1.165) is 48.1 Å². The lowest BCUT2D eigenvalue weighted by Crippen LogP contribution is -2.21. The van der Waals surface area contributed by atoms with E-state index in [1.807, 2.05) is 49.7 Å². The molecule has 4 nitrogen and oxygen atoms in total. The SMILES string of the molecule is CCCCCCCC(=O)[O-].CCc1cc(C)c(C(=O)c2ccccc2C)n1C. The molecule has 0 saturated heterocycles. The second-order valence-electron chi connectivity index (χ2n) is 7.26. The minimum Gasteiger partial charge on any atom is -0.550 e. The molecule has 0 saturated carbocycles.